The van der Waals surface area contributed by atoms with E-state index in [2.05, 4.69) is 67.7 Å². The van der Waals surface area contributed by atoms with Crippen LogP contribution in [0, 0.1) is 5.41 Å². The number of aromatic nitrogens is 2. The van der Waals surface area contributed by atoms with Gasteiger partial charge in [-0.1, -0.05) is 26.0 Å². The Labute approximate surface area is 116 Å². The molecule has 0 saturated carbocycles. The van der Waals surface area contributed by atoms with E-state index in [1.54, 1.807) is 0 Å². The van der Waals surface area contributed by atoms with E-state index < -0.39 is 0 Å². The minimum atomic E-state index is 0.161. The van der Waals surface area contributed by atoms with Crippen molar-refractivity contribution in [3.05, 3.63) is 30.6 Å². The number of nitrogens with one attached hydrogen (secondary N) is 1. The molecule has 0 aliphatic heterocycles. The Morgan fingerprint density at radius 2 is 1.79 bits per heavy atom. The van der Waals surface area contributed by atoms with Crippen LogP contribution >= 0.6 is 0 Å². The number of hydrogen-bond acceptors (Lipinski definition) is 2. The molecule has 104 valence electrons. The van der Waals surface area contributed by atoms with Crippen LogP contribution < -0.4 is 5.32 Å². The van der Waals surface area contributed by atoms with Gasteiger partial charge in [-0.05, 0) is 38.3 Å². The average Bonchev–Trinajstić information content (AvgIpc) is 2.69. The van der Waals surface area contributed by atoms with Gasteiger partial charge < -0.3 is 9.88 Å². The number of fused-ring (bicyclic) bond motifs is 1. The zero-order chi connectivity index (χ0) is 14.1. The van der Waals surface area contributed by atoms with Crippen LogP contribution in [0.15, 0.2) is 30.6 Å². The molecule has 1 aromatic carbocycles. The number of hydrogen-bond donors (Lipinski definition) is 1. The van der Waals surface area contributed by atoms with Gasteiger partial charge in [0, 0.05) is 18.6 Å². The third kappa shape index (κ3) is 3.80. The van der Waals surface area contributed by atoms with Gasteiger partial charge in [0.25, 0.3) is 0 Å². The molecular formula is C16H25N3. The van der Waals surface area contributed by atoms with E-state index >= 15 is 0 Å². The zero-order valence-electron chi connectivity index (χ0n) is 12.7. The van der Waals surface area contributed by atoms with Crippen molar-refractivity contribution in [1.82, 2.24) is 14.9 Å². The summed E-state index contributed by atoms with van der Waals surface area (Å²) in [5.74, 6) is 0. The Morgan fingerprint density at radius 3 is 2.47 bits per heavy atom. The highest BCUT2D eigenvalue weighted by molar-refractivity contribution is 5.74. The molecule has 0 fully saturated rings. The molecule has 0 aliphatic rings. The fraction of sp³-hybridized carbons (Fsp3) is 0.562. The topological polar surface area (TPSA) is 29.9 Å². The summed E-state index contributed by atoms with van der Waals surface area (Å²) in [5.41, 5.74) is 2.64. The van der Waals surface area contributed by atoms with E-state index in [1.807, 2.05) is 12.4 Å². The normalized spacial score (nSPS) is 13.1. The number of rotatable bonds is 4. The summed E-state index contributed by atoms with van der Waals surface area (Å²) in [4.78, 5) is 4.45. The van der Waals surface area contributed by atoms with Crippen LogP contribution in [-0.2, 0) is 6.54 Å². The molecule has 1 heterocycles. The van der Waals surface area contributed by atoms with E-state index in [-0.39, 0.29) is 11.0 Å². The zero-order valence-corrected chi connectivity index (χ0v) is 12.7. The molecule has 0 saturated heterocycles. The quantitative estimate of drug-likeness (QED) is 0.911. The summed E-state index contributed by atoms with van der Waals surface area (Å²) in [6.07, 6.45) is 1.95. The molecule has 1 aromatic heterocycles. The smallest absolute Gasteiger partial charge is 0.0958 e. The van der Waals surface area contributed by atoms with Gasteiger partial charge in [0.1, 0.15) is 0 Å². The molecule has 2 rings (SSSR count). The van der Waals surface area contributed by atoms with Gasteiger partial charge in [0.05, 0.1) is 17.4 Å². The standard InChI is InChI=1S/C16H25N3/c1-15(2,3)18-10-16(4,5)11-19-12-17-13-8-6-7-9-14(13)19/h6-9,12,18H,10-11H2,1-5H3. The van der Waals surface area contributed by atoms with Gasteiger partial charge in [-0.25, -0.2) is 4.98 Å². The lowest BCUT2D eigenvalue weighted by Gasteiger charge is -2.31. The SMILES string of the molecule is CC(C)(CNC(C)(C)C)Cn1cnc2ccccc21. The van der Waals surface area contributed by atoms with Crippen molar-refractivity contribution in [3.63, 3.8) is 0 Å². The molecule has 19 heavy (non-hydrogen) atoms. The molecule has 2 aromatic rings. The fourth-order valence-corrected chi connectivity index (χ4v) is 2.16. The Bertz CT molecular complexity index is 546. The Hall–Kier alpha value is -1.35. The maximum atomic E-state index is 4.45. The summed E-state index contributed by atoms with van der Waals surface area (Å²) in [7, 11) is 0. The lowest BCUT2D eigenvalue weighted by Crippen LogP contribution is -2.43. The third-order valence-corrected chi connectivity index (χ3v) is 3.22. The lowest BCUT2D eigenvalue weighted by atomic mass is 9.92. The summed E-state index contributed by atoms with van der Waals surface area (Å²) in [6.45, 7) is 13.2. The van der Waals surface area contributed by atoms with Crippen LogP contribution in [0.5, 0.6) is 0 Å². The monoisotopic (exact) mass is 259 g/mol. The highest BCUT2D eigenvalue weighted by Crippen LogP contribution is 2.21. The second kappa shape index (κ2) is 4.97. The van der Waals surface area contributed by atoms with Gasteiger partial charge >= 0.3 is 0 Å². The van der Waals surface area contributed by atoms with E-state index in [9.17, 15) is 0 Å². The number of para-hydroxylation sites is 2. The Kier molecular flexibility index (Phi) is 3.68. The third-order valence-electron chi connectivity index (χ3n) is 3.22. The van der Waals surface area contributed by atoms with Gasteiger partial charge in [0.15, 0.2) is 0 Å². The number of imidazole rings is 1. The second-order valence-corrected chi connectivity index (χ2v) is 7.13. The van der Waals surface area contributed by atoms with E-state index in [0.29, 0.717) is 0 Å². The first kappa shape index (κ1) is 14.1. The molecule has 3 heteroatoms. The Balaban J connectivity index is 2.11. The molecule has 0 bridgehead atoms. The molecule has 0 amide bonds. The van der Waals surface area contributed by atoms with Crippen molar-refractivity contribution in [2.45, 2.75) is 46.7 Å². The summed E-state index contributed by atoms with van der Waals surface area (Å²) in [6, 6.07) is 8.30. The summed E-state index contributed by atoms with van der Waals surface area (Å²) < 4.78 is 2.25. The van der Waals surface area contributed by atoms with Gasteiger partial charge in [-0.15, -0.1) is 0 Å². The van der Waals surface area contributed by atoms with Gasteiger partial charge in [-0.3, -0.25) is 0 Å². The first-order valence-electron chi connectivity index (χ1n) is 6.92. The highest BCUT2D eigenvalue weighted by Gasteiger charge is 2.22. The number of nitrogens with zero attached hydrogens (tertiary/aromatic N) is 2. The largest absolute Gasteiger partial charge is 0.330 e. The molecule has 0 spiro atoms. The molecular weight excluding hydrogens is 234 g/mol. The van der Waals surface area contributed by atoms with Crippen LogP contribution in [-0.4, -0.2) is 21.6 Å². The van der Waals surface area contributed by atoms with Crippen molar-refractivity contribution in [1.29, 1.82) is 0 Å². The predicted octanol–water partition coefficient (Wildman–Crippen LogP) is 3.45. The molecule has 0 unspecified atom stereocenters. The van der Waals surface area contributed by atoms with Crippen molar-refractivity contribution in [2.24, 2.45) is 5.41 Å². The first-order chi connectivity index (χ1) is 8.77. The Morgan fingerprint density at radius 1 is 1.11 bits per heavy atom. The fourth-order valence-electron chi connectivity index (χ4n) is 2.16. The van der Waals surface area contributed by atoms with Crippen LogP contribution in [0.4, 0.5) is 0 Å². The average molecular weight is 259 g/mol. The minimum absolute atomic E-state index is 0.161. The molecule has 0 radical (unpaired) electrons. The van der Waals surface area contributed by atoms with Crippen LogP contribution in [0.2, 0.25) is 0 Å². The highest BCUT2D eigenvalue weighted by atomic mass is 15.1. The van der Waals surface area contributed by atoms with Crippen LogP contribution in [0.3, 0.4) is 0 Å². The maximum absolute atomic E-state index is 4.45. The van der Waals surface area contributed by atoms with E-state index in [0.717, 1.165) is 18.6 Å². The van der Waals surface area contributed by atoms with E-state index in [1.165, 1.54) is 5.52 Å². The predicted molar refractivity (Wildman–Crippen MR) is 81.3 cm³/mol. The lowest BCUT2D eigenvalue weighted by molar-refractivity contribution is 0.258. The molecule has 3 nitrogen and oxygen atoms in total. The molecule has 0 atom stereocenters. The van der Waals surface area contributed by atoms with Crippen molar-refractivity contribution >= 4 is 11.0 Å². The summed E-state index contributed by atoms with van der Waals surface area (Å²) in [5, 5.41) is 3.59. The summed E-state index contributed by atoms with van der Waals surface area (Å²) >= 11 is 0. The van der Waals surface area contributed by atoms with Crippen molar-refractivity contribution in [2.75, 3.05) is 6.54 Å². The van der Waals surface area contributed by atoms with Crippen LogP contribution in [0.1, 0.15) is 34.6 Å². The van der Waals surface area contributed by atoms with Gasteiger partial charge in [-0.2, -0.15) is 0 Å². The van der Waals surface area contributed by atoms with Crippen molar-refractivity contribution < 1.29 is 0 Å². The van der Waals surface area contributed by atoms with E-state index in [4.69, 9.17) is 0 Å². The first-order valence-corrected chi connectivity index (χ1v) is 6.92. The molecule has 1 N–H and O–H groups in total. The minimum Gasteiger partial charge on any atom is -0.330 e. The second-order valence-electron chi connectivity index (χ2n) is 7.13. The molecule has 0 aliphatic carbocycles. The van der Waals surface area contributed by atoms with Gasteiger partial charge in [0.2, 0.25) is 0 Å². The maximum Gasteiger partial charge on any atom is 0.0958 e. The van der Waals surface area contributed by atoms with Crippen molar-refractivity contribution in [3.8, 4) is 0 Å². The number of benzene rings is 1. The van der Waals surface area contributed by atoms with Crippen LogP contribution in [0.25, 0.3) is 11.0 Å².